The average molecular weight is 279 g/mol. The van der Waals surface area contributed by atoms with E-state index in [0.717, 1.165) is 23.8 Å². The summed E-state index contributed by atoms with van der Waals surface area (Å²) in [5.74, 6) is 0.860. The fourth-order valence-corrected chi connectivity index (χ4v) is 4.00. The van der Waals surface area contributed by atoms with Gasteiger partial charge in [-0.2, -0.15) is 0 Å². The second-order valence-corrected chi connectivity index (χ2v) is 7.80. The molecule has 0 spiro atoms. The van der Waals surface area contributed by atoms with Gasteiger partial charge >= 0.3 is 9.28 Å². The van der Waals surface area contributed by atoms with Gasteiger partial charge < -0.3 is 13.6 Å². The van der Waals surface area contributed by atoms with Crippen LogP contribution < -0.4 is 9.92 Å². The Labute approximate surface area is 117 Å². The Morgan fingerprint density at radius 1 is 0.947 bits per heavy atom. The first-order valence-corrected chi connectivity index (χ1v) is 8.02. The van der Waals surface area contributed by atoms with Crippen LogP contribution in [0.3, 0.4) is 0 Å². The van der Waals surface area contributed by atoms with E-state index in [2.05, 4.69) is 27.7 Å². The van der Waals surface area contributed by atoms with E-state index in [-0.39, 0.29) is 11.2 Å². The van der Waals surface area contributed by atoms with E-state index >= 15 is 0 Å². The normalized spacial score (nSPS) is 22.8. The van der Waals surface area contributed by atoms with Crippen molar-refractivity contribution in [2.75, 3.05) is 7.11 Å². The molecule has 0 aromatic heterocycles. The Hall–Kier alpha value is -0.843. The molecule has 0 amide bonds. The lowest BCUT2D eigenvalue weighted by molar-refractivity contribution is 0.0709. The summed E-state index contributed by atoms with van der Waals surface area (Å²) in [7, 11) is 0.220. The van der Waals surface area contributed by atoms with Gasteiger partial charge in [-0.3, -0.25) is 0 Å². The third-order valence-electron chi connectivity index (χ3n) is 3.39. The molecule has 1 aliphatic rings. The molecule has 1 aromatic rings. The standard InChI is InChI=1S/C15H23O3Si/c1-14(2)10-11-15(3,4)18-19(17-14)13-8-6-12(16-5)7-9-13/h6-9H,10-11H2,1-5H3. The summed E-state index contributed by atoms with van der Waals surface area (Å²) < 4.78 is 17.7. The third kappa shape index (κ3) is 3.81. The van der Waals surface area contributed by atoms with Gasteiger partial charge in [0.25, 0.3) is 0 Å². The van der Waals surface area contributed by atoms with Crippen molar-refractivity contribution in [2.24, 2.45) is 0 Å². The maximum Gasteiger partial charge on any atom is 0.424 e. The summed E-state index contributed by atoms with van der Waals surface area (Å²) in [6, 6.07) is 8.02. The number of methoxy groups -OCH3 is 1. The second-order valence-electron chi connectivity index (χ2n) is 6.24. The maximum absolute atomic E-state index is 6.23. The first-order chi connectivity index (χ1) is 8.81. The van der Waals surface area contributed by atoms with E-state index in [1.807, 2.05) is 24.3 Å². The Morgan fingerprint density at radius 2 is 1.42 bits per heavy atom. The fourth-order valence-electron chi connectivity index (χ4n) is 2.07. The lowest BCUT2D eigenvalue weighted by Crippen LogP contribution is -2.44. The third-order valence-corrected chi connectivity index (χ3v) is 5.67. The van der Waals surface area contributed by atoms with Gasteiger partial charge in [0.05, 0.1) is 18.3 Å². The number of benzene rings is 1. The van der Waals surface area contributed by atoms with Crippen LogP contribution in [0.5, 0.6) is 5.75 Å². The minimum absolute atomic E-state index is 0.123. The Balaban J connectivity index is 2.24. The number of rotatable bonds is 2. The summed E-state index contributed by atoms with van der Waals surface area (Å²) >= 11 is 0. The molecule has 19 heavy (non-hydrogen) atoms. The van der Waals surface area contributed by atoms with Gasteiger partial charge in [-0.1, -0.05) is 12.1 Å². The van der Waals surface area contributed by atoms with Crippen LogP contribution >= 0.6 is 0 Å². The number of hydrogen-bond acceptors (Lipinski definition) is 3. The molecule has 2 rings (SSSR count). The van der Waals surface area contributed by atoms with Crippen LogP contribution in [-0.4, -0.2) is 27.6 Å². The van der Waals surface area contributed by atoms with Crippen LogP contribution in [0, 0.1) is 0 Å². The summed E-state index contributed by atoms with van der Waals surface area (Å²) in [5.41, 5.74) is -0.246. The predicted octanol–water partition coefficient (Wildman–Crippen LogP) is 2.77. The molecular formula is C15H23O3Si. The van der Waals surface area contributed by atoms with Crippen molar-refractivity contribution in [1.29, 1.82) is 0 Å². The van der Waals surface area contributed by atoms with Crippen molar-refractivity contribution in [1.82, 2.24) is 0 Å². The van der Waals surface area contributed by atoms with E-state index < -0.39 is 9.28 Å². The molecule has 1 aliphatic heterocycles. The highest BCUT2D eigenvalue weighted by Crippen LogP contribution is 2.30. The van der Waals surface area contributed by atoms with Gasteiger partial charge in [0.1, 0.15) is 5.75 Å². The van der Waals surface area contributed by atoms with E-state index in [0.29, 0.717) is 0 Å². The van der Waals surface area contributed by atoms with Crippen LogP contribution in [0.25, 0.3) is 0 Å². The number of hydrogen-bond donors (Lipinski definition) is 0. The lowest BCUT2D eigenvalue weighted by atomic mass is 9.94. The van der Waals surface area contributed by atoms with Gasteiger partial charge in [0.2, 0.25) is 0 Å². The van der Waals surface area contributed by atoms with Crippen LogP contribution in [-0.2, 0) is 8.85 Å². The highest BCUT2D eigenvalue weighted by atomic mass is 28.3. The monoisotopic (exact) mass is 279 g/mol. The lowest BCUT2D eigenvalue weighted by Gasteiger charge is -2.27. The molecule has 0 bridgehead atoms. The molecule has 105 valence electrons. The highest BCUT2D eigenvalue weighted by Gasteiger charge is 2.38. The van der Waals surface area contributed by atoms with E-state index in [4.69, 9.17) is 13.6 Å². The minimum Gasteiger partial charge on any atom is -0.497 e. The van der Waals surface area contributed by atoms with Gasteiger partial charge in [0.15, 0.2) is 0 Å². The summed E-state index contributed by atoms with van der Waals surface area (Å²) in [6.45, 7) is 8.58. The van der Waals surface area contributed by atoms with Crippen molar-refractivity contribution >= 4 is 14.5 Å². The number of ether oxygens (including phenoxy) is 1. The van der Waals surface area contributed by atoms with Crippen LogP contribution in [0.2, 0.25) is 0 Å². The zero-order chi connectivity index (χ0) is 14.1. The van der Waals surface area contributed by atoms with Crippen molar-refractivity contribution in [3.05, 3.63) is 24.3 Å². The first kappa shape index (κ1) is 14.6. The second kappa shape index (κ2) is 5.27. The molecule has 0 unspecified atom stereocenters. The fraction of sp³-hybridized carbons (Fsp3) is 0.600. The largest absolute Gasteiger partial charge is 0.497 e. The Morgan fingerprint density at radius 3 is 1.84 bits per heavy atom. The summed E-state index contributed by atoms with van der Waals surface area (Å²) in [4.78, 5) is 0. The predicted molar refractivity (Wildman–Crippen MR) is 77.9 cm³/mol. The van der Waals surface area contributed by atoms with Crippen LogP contribution in [0.15, 0.2) is 24.3 Å². The van der Waals surface area contributed by atoms with Crippen molar-refractivity contribution in [3.8, 4) is 5.75 Å². The molecule has 3 nitrogen and oxygen atoms in total. The molecule has 1 radical (unpaired) electrons. The first-order valence-electron chi connectivity index (χ1n) is 6.71. The smallest absolute Gasteiger partial charge is 0.424 e. The minimum atomic E-state index is -1.45. The quantitative estimate of drug-likeness (QED) is 0.779. The van der Waals surface area contributed by atoms with Gasteiger partial charge in [-0.05, 0) is 57.9 Å². The van der Waals surface area contributed by atoms with Crippen molar-refractivity contribution < 1.29 is 13.6 Å². The van der Waals surface area contributed by atoms with Crippen molar-refractivity contribution in [3.63, 3.8) is 0 Å². The molecule has 0 saturated carbocycles. The van der Waals surface area contributed by atoms with Crippen LogP contribution in [0.1, 0.15) is 40.5 Å². The molecule has 1 heterocycles. The van der Waals surface area contributed by atoms with E-state index in [9.17, 15) is 0 Å². The molecule has 1 aromatic carbocycles. The molecule has 1 saturated heterocycles. The molecule has 4 heteroatoms. The SMILES string of the molecule is COc1ccc([Si]2OC(C)(C)CCC(C)(C)O2)cc1. The van der Waals surface area contributed by atoms with Crippen LogP contribution in [0.4, 0.5) is 0 Å². The van der Waals surface area contributed by atoms with E-state index in [1.54, 1.807) is 7.11 Å². The molecule has 0 N–H and O–H groups in total. The highest BCUT2D eigenvalue weighted by molar-refractivity contribution is 6.61. The summed E-state index contributed by atoms with van der Waals surface area (Å²) in [5, 5.41) is 1.13. The summed E-state index contributed by atoms with van der Waals surface area (Å²) in [6.07, 6.45) is 2.04. The Kier molecular flexibility index (Phi) is 4.04. The zero-order valence-electron chi connectivity index (χ0n) is 12.4. The van der Waals surface area contributed by atoms with E-state index in [1.165, 1.54) is 0 Å². The van der Waals surface area contributed by atoms with Gasteiger partial charge in [0, 0.05) is 0 Å². The Bertz CT molecular complexity index is 408. The zero-order valence-corrected chi connectivity index (χ0v) is 13.4. The molecule has 1 fully saturated rings. The molecule has 0 atom stereocenters. The average Bonchev–Trinajstić information content (AvgIpc) is 2.46. The molecule has 0 aliphatic carbocycles. The topological polar surface area (TPSA) is 27.7 Å². The van der Waals surface area contributed by atoms with Gasteiger partial charge in [-0.25, -0.2) is 0 Å². The molecular weight excluding hydrogens is 256 g/mol. The van der Waals surface area contributed by atoms with Crippen molar-refractivity contribution in [2.45, 2.75) is 51.7 Å². The van der Waals surface area contributed by atoms with Gasteiger partial charge in [-0.15, -0.1) is 0 Å². The maximum atomic E-state index is 6.23.